The molecule has 140 valence electrons. The van der Waals surface area contributed by atoms with E-state index >= 15 is 0 Å². The third-order valence-electron chi connectivity index (χ3n) is 6.78. The van der Waals surface area contributed by atoms with Gasteiger partial charge < -0.3 is 15.8 Å². The van der Waals surface area contributed by atoms with Crippen LogP contribution < -0.4 is 11.1 Å². The summed E-state index contributed by atoms with van der Waals surface area (Å²) in [6.45, 7) is 1.82. The highest BCUT2D eigenvalue weighted by atomic mass is 16.5. The molecule has 2 bridgehead atoms. The molecule has 0 spiro atoms. The number of carbonyl (C=O) groups excluding carboxylic acids is 1. The molecule has 6 rings (SSSR count). The average Bonchev–Trinajstić information content (AvgIpc) is 2.72. The van der Waals surface area contributed by atoms with Gasteiger partial charge in [-0.3, -0.25) is 4.79 Å². The molecule has 1 unspecified atom stereocenters. The van der Waals surface area contributed by atoms with Gasteiger partial charge in [0.2, 0.25) is 5.91 Å². The van der Waals surface area contributed by atoms with Crippen molar-refractivity contribution in [3.63, 3.8) is 0 Å². The maximum absolute atomic E-state index is 12.8. The van der Waals surface area contributed by atoms with E-state index in [4.69, 9.17) is 10.5 Å². The molecule has 4 heteroatoms. The van der Waals surface area contributed by atoms with Gasteiger partial charge in [0.15, 0.2) is 0 Å². The van der Waals surface area contributed by atoms with Crippen molar-refractivity contribution < 1.29 is 9.53 Å². The summed E-state index contributed by atoms with van der Waals surface area (Å²) in [4.78, 5) is 12.8. The molecule has 2 aromatic rings. The highest BCUT2D eigenvalue weighted by Gasteiger charge is 2.43. The van der Waals surface area contributed by atoms with Crippen LogP contribution in [-0.2, 0) is 9.53 Å². The zero-order chi connectivity index (χ0) is 18.4. The van der Waals surface area contributed by atoms with Crippen molar-refractivity contribution in [2.75, 3.05) is 19.8 Å². The first-order valence-corrected chi connectivity index (χ1v) is 10.00. The van der Waals surface area contributed by atoms with Gasteiger partial charge in [-0.15, -0.1) is 0 Å². The topological polar surface area (TPSA) is 64.4 Å². The van der Waals surface area contributed by atoms with Crippen LogP contribution >= 0.6 is 0 Å². The molecule has 1 saturated heterocycles. The lowest BCUT2D eigenvalue weighted by atomic mass is 9.59. The van der Waals surface area contributed by atoms with Crippen LogP contribution in [0.15, 0.2) is 48.5 Å². The molecule has 1 atom stereocenters. The fraction of sp³-hybridized carbons (Fsp3) is 0.435. The molecule has 0 saturated carbocycles. The van der Waals surface area contributed by atoms with Gasteiger partial charge in [0, 0.05) is 31.6 Å². The van der Waals surface area contributed by atoms with Crippen molar-refractivity contribution in [2.24, 2.45) is 11.7 Å². The molecule has 4 nitrogen and oxygen atoms in total. The van der Waals surface area contributed by atoms with E-state index in [1.165, 1.54) is 22.3 Å². The Morgan fingerprint density at radius 3 is 2.15 bits per heavy atom. The summed E-state index contributed by atoms with van der Waals surface area (Å²) in [5.41, 5.74) is 11.4. The quantitative estimate of drug-likeness (QED) is 0.882. The summed E-state index contributed by atoms with van der Waals surface area (Å²) in [6.07, 6.45) is 2.28. The number of fused-ring (bicyclic) bond motifs is 1. The Morgan fingerprint density at radius 2 is 1.56 bits per heavy atom. The maximum Gasteiger partial charge on any atom is 0.240 e. The zero-order valence-electron chi connectivity index (χ0n) is 15.5. The van der Waals surface area contributed by atoms with Crippen LogP contribution in [0.4, 0.5) is 0 Å². The van der Waals surface area contributed by atoms with Gasteiger partial charge in [0.1, 0.15) is 0 Å². The second kappa shape index (κ2) is 6.47. The van der Waals surface area contributed by atoms with Crippen LogP contribution in [0.25, 0.3) is 0 Å². The third-order valence-corrected chi connectivity index (χ3v) is 6.78. The lowest BCUT2D eigenvalue weighted by Crippen LogP contribution is -2.57. The standard InChI is InChI=1S/C23H26N2O2/c24-23(9-11-27-12-10-23)22(26)25-14-15-13-20-16-5-1-3-7-18(16)21(15)19-8-4-2-6-17(19)20/h1-8,15,20-21H,9-14,24H2,(H,25,26). The highest BCUT2D eigenvalue weighted by Crippen LogP contribution is 2.55. The van der Waals surface area contributed by atoms with Gasteiger partial charge >= 0.3 is 0 Å². The summed E-state index contributed by atoms with van der Waals surface area (Å²) in [7, 11) is 0. The van der Waals surface area contributed by atoms with Crippen LogP contribution in [0.1, 0.15) is 53.4 Å². The van der Waals surface area contributed by atoms with Crippen molar-refractivity contribution in [3.8, 4) is 0 Å². The molecule has 2 aromatic carbocycles. The molecule has 3 aliphatic carbocycles. The lowest BCUT2D eigenvalue weighted by Gasteiger charge is -2.46. The summed E-state index contributed by atoms with van der Waals surface area (Å²) in [5.74, 6) is 1.17. The van der Waals surface area contributed by atoms with Crippen LogP contribution in [0.2, 0.25) is 0 Å². The van der Waals surface area contributed by atoms with E-state index in [9.17, 15) is 4.79 Å². The predicted molar refractivity (Wildman–Crippen MR) is 105 cm³/mol. The molecule has 3 N–H and O–H groups in total. The van der Waals surface area contributed by atoms with E-state index in [0.717, 1.165) is 6.42 Å². The number of carbonyl (C=O) groups is 1. The number of benzene rings is 2. The molecule has 1 amide bonds. The Balaban J connectivity index is 1.40. The smallest absolute Gasteiger partial charge is 0.240 e. The van der Waals surface area contributed by atoms with Crippen molar-refractivity contribution >= 4 is 5.91 Å². The lowest BCUT2D eigenvalue weighted by molar-refractivity contribution is -0.130. The molecule has 0 aromatic heterocycles. The van der Waals surface area contributed by atoms with Crippen molar-refractivity contribution in [2.45, 2.75) is 36.6 Å². The number of hydrogen-bond donors (Lipinski definition) is 2. The fourth-order valence-corrected chi connectivity index (χ4v) is 5.32. The largest absolute Gasteiger partial charge is 0.381 e. The minimum atomic E-state index is -0.776. The SMILES string of the molecule is NC1(C(=O)NCC2CC3c4ccccc4C2c2ccccc23)CCOCC1. The number of nitrogens with one attached hydrogen (secondary N) is 1. The Hall–Kier alpha value is -2.17. The molecule has 1 fully saturated rings. The second-order valence-electron chi connectivity index (χ2n) is 8.26. The zero-order valence-corrected chi connectivity index (χ0v) is 15.5. The molecule has 1 aliphatic heterocycles. The number of amides is 1. The van der Waals surface area contributed by atoms with Gasteiger partial charge in [-0.25, -0.2) is 0 Å². The summed E-state index contributed by atoms with van der Waals surface area (Å²) >= 11 is 0. The molecular weight excluding hydrogens is 336 g/mol. The van der Waals surface area contributed by atoms with E-state index in [2.05, 4.69) is 53.8 Å². The van der Waals surface area contributed by atoms with Gasteiger partial charge in [-0.1, -0.05) is 48.5 Å². The van der Waals surface area contributed by atoms with Crippen LogP contribution in [0, 0.1) is 5.92 Å². The summed E-state index contributed by atoms with van der Waals surface area (Å²) in [6, 6.07) is 17.6. The Morgan fingerprint density at radius 1 is 1.00 bits per heavy atom. The first-order valence-electron chi connectivity index (χ1n) is 10.00. The molecule has 1 heterocycles. The van der Waals surface area contributed by atoms with Gasteiger partial charge in [-0.2, -0.15) is 0 Å². The number of nitrogens with two attached hydrogens (primary N) is 1. The van der Waals surface area contributed by atoms with E-state index in [-0.39, 0.29) is 5.91 Å². The molecule has 0 radical (unpaired) electrons. The molecular formula is C23H26N2O2. The number of hydrogen-bond acceptors (Lipinski definition) is 3. The van der Waals surface area contributed by atoms with Crippen molar-refractivity contribution in [3.05, 3.63) is 70.8 Å². The van der Waals surface area contributed by atoms with E-state index in [1.54, 1.807) is 0 Å². The van der Waals surface area contributed by atoms with Crippen LogP contribution in [0.3, 0.4) is 0 Å². The average molecular weight is 362 g/mol. The van der Waals surface area contributed by atoms with E-state index in [1.807, 2.05) is 0 Å². The van der Waals surface area contributed by atoms with E-state index < -0.39 is 5.54 Å². The number of ether oxygens (including phenoxy) is 1. The summed E-state index contributed by atoms with van der Waals surface area (Å²) < 4.78 is 5.37. The maximum atomic E-state index is 12.8. The van der Waals surface area contributed by atoms with Gasteiger partial charge in [0.05, 0.1) is 5.54 Å². The van der Waals surface area contributed by atoms with Gasteiger partial charge in [-0.05, 0) is 47.4 Å². The third kappa shape index (κ3) is 2.70. The Kier molecular flexibility index (Phi) is 4.06. The fourth-order valence-electron chi connectivity index (χ4n) is 5.32. The van der Waals surface area contributed by atoms with Crippen molar-refractivity contribution in [1.29, 1.82) is 0 Å². The van der Waals surface area contributed by atoms with Crippen LogP contribution in [-0.4, -0.2) is 31.2 Å². The van der Waals surface area contributed by atoms with Crippen LogP contribution in [0.5, 0.6) is 0 Å². The Bertz CT molecular complexity index is 825. The normalized spacial score (nSPS) is 27.5. The Labute approximate surface area is 160 Å². The first-order chi connectivity index (χ1) is 13.2. The minimum absolute atomic E-state index is 0.0196. The first kappa shape index (κ1) is 17.0. The molecule has 27 heavy (non-hydrogen) atoms. The van der Waals surface area contributed by atoms with Gasteiger partial charge in [0.25, 0.3) is 0 Å². The minimum Gasteiger partial charge on any atom is -0.381 e. The summed E-state index contributed by atoms with van der Waals surface area (Å²) in [5, 5.41) is 3.19. The van der Waals surface area contributed by atoms with Crippen molar-refractivity contribution in [1.82, 2.24) is 5.32 Å². The number of rotatable bonds is 3. The highest BCUT2D eigenvalue weighted by molar-refractivity contribution is 5.86. The van der Waals surface area contributed by atoms with E-state index in [0.29, 0.717) is 50.4 Å². The molecule has 4 aliphatic rings. The second-order valence-corrected chi connectivity index (χ2v) is 8.26. The monoisotopic (exact) mass is 362 g/mol. The predicted octanol–water partition coefficient (Wildman–Crippen LogP) is 2.91.